The van der Waals surface area contributed by atoms with E-state index in [4.69, 9.17) is 4.74 Å². The van der Waals surface area contributed by atoms with Crippen LogP contribution in [0, 0.1) is 0 Å². The summed E-state index contributed by atoms with van der Waals surface area (Å²) in [5.41, 5.74) is 0.0812. The Morgan fingerprint density at radius 2 is 2.18 bits per heavy atom. The summed E-state index contributed by atoms with van der Waals surface area (Å²) in [6.07, 6.45) is 4.95. The summed E-state index contributed by atoms with van der Waals surface area (Å²) in [6.45, 7) is 11.3. The average molecular weight is 240 g/mol. The highest BCUT2D eigenvalue weighted by Crippen LogP contribution is 2.29. The van der Waals surface area contributed by atoms with Gasteiger partial charge in [-0.3, -0.25) is 4.90 Å². The van der Waals surface area contributed by atoms with Gasteiger partial charge in [0.15, 0.2) is 0 Å². The molecule has 3 nitrogen and oxygen atoms in total. The summed E-state index contributed by atoms with van der Waals surface area (Å²) in [5, 5.41) is 3.65. The molecule has 0 amide bonds. The standard InChI is InChI=1S/C14H28N2O/c1-4-7-15-12-5-8-16(11-12)13-6-9-17-14(2,3)10-13/h12-13,15H,4-11H2,1-3H3. The molecular formula is C14H28N2O. The van der Waals surface area contributed by atoms with Crippen LogP contribution in [0.1, 0.15) is 46.5 Å². The van der Waals surface area contributed by atoms with Crippen molar-refractivity contribution >= 4 is 0 Å². The predicted octanol–water partition coefficient (Wildman–Crippen LogP) is 2.02. The summed E-state index contributed by atoms with van der Waals surface area (Å²) in [4.78, 5) is 2.68. The van der Waals surface area contributed by atoms with Crippen LogP contribution < -0.4 is 5.32 Å². The molecule has 0 aromatic rings. The molecule has 0 aromatic heterocycles. The second kappa shape index (κ2) is 5.68. The van der Waals surface area contributed by atoms with Gasteiger partial charge in [-0.05, 0) is 46.1 Å². The van der Waals surface area contributed by atoms with Gasteiger partial charge in [-0.15, -0.1) is 0 Å². The Hall–Kier alpha value is -0.120. The highest BCUT2D eigenvalue weighted by Gasteiger charge is 2.35. The maximum absolute atomic E-state index is 5.80. The largest absolute Gasteiger partial charge is 0.375 e. The summed E-state index contributed by atoms with van der Waals surface area (Å²) in [6, 6.07) is 1.47. The number of nitrogens with one attached hydrogen (secondary N) is 1. The van der Waals surface area contributed by atoms with Crippen molar-refractivity contribution in [2.45, 2.75) is 64.1 Å². The highest BCUT2D eigenvalue weighted by molar-refractivity contribution is 4.90. The zero-order chi connectivity index (χ0) is 12.3. The lowest BCUT2D eigenvalue weighted by atomic mass is 9.93. The molecule has 3 heteroatoms. The van der Waals surface area contributed by atoms with Gasteiger partial charge < -0.3 is 10.1 Å². The van der Waals surface area contributed by atoms with Crippen LogP contribution in [0.4, 0.5) is 0 Å². The van der Waals surface area contributed by atoms with Crippen LogP contribution >= 0.6 is 0 Å². The third-order valence-electron chi connectivity index (χ3n) is 4.09. The normalized spacial score (nSPS) is 34.1. The van der Waals surface area contributed by atoms with Crippen molar-refractivity contribution in [1.29, 1.82) is 0 Å². The van der Waals surface area contributed by atoms with Crippen molar-refractivity contribution in [3.63, 3.8) is 0 Å². The van der Waals surface area contributed by atoms with Gasteiger partial charge in [0.1, 0.15) is 0 Å². The lowest BCUT2D eigenvalue weighted by molar-refractivity contribution is -0.0804. The SMILES string of the molecule is CCCNC1CCN(C2CCOC(C)(C)C2)C1. The van der Waals surface area contributed by atoms with Gasteiger partial charge in [0.2, 0.25) is 0 Å². The molecule has 2 aliphatic heterocycles. The number of hydrogen-bond acceptors (Lipinski definition) is 3. The Bertz CT molecular complexity index is 242. The van der Waals surface area contributed by atoms with Gasteiger partial charge in [0, 0.05) is 31.8 Å². The van der Waals surface area contributed by atoms with Gasteiger partial charge in [-0.1, -0.05) is 6.92 Å². The minimum Gasteiger partial charge on any atom is -0.375 e. The summed E-state index contributed by atoms with van der Waals surface area (Å²) < 4.78 is 5.80. The van der Waals surface area contributed by atoms with Crippen LogP contribution in [-0.4, -0.2) is 48.8 Å². The van der Waals surface area contributed by atoms with E-state index in [0.29, 0.717) is 0 Å². The Morgan fingerprint density at radius 1 is 1.35 bits per heavy atom. The van der Waals surface area contributed by atoms with Crippen LogP contribution in [0.15, 0.2) is 0 Å². The molecule has 0 bridgehead atoms. The van der Waals surface area contributed by atoms with Gasteiger partial charge in [0.25, 0.3) is 0 Å². The molecule has 0 aromatic carbocycles. The second-order valence-corrected chi connectivity index (χ2v) is 6.19. The minimum absolute atomic E-state index is 0.0812. The molecule has 17 heavy (non-hydrogen) atoms. The average Bonchev–Trinajstić information content (AvgIpc) is 2.73. The van der Waals surface area contributed by atoms with E-state index in [9.17, 15) is 0 Å². The van der Waals surface area contributed by atoms with E-state index >= 15 is 0 Å². The van der Waals surface area contributed by atoms with E-state index in [1.165, 1.54) is 38.8 Å². The third kappa shape index (κ3) is 3.67. The van der Waals surface area contributed by atoms with E-state index < -0.39 is 0 Å². The van der Waals surface area contributed by atoms with E-state index in [1.54, 1.807) is 0 Å². The fourth-order valence-electron chi connectivity index (χ4n) is 3.15. The first-order chi connectivity index (χ1) is 8.11. The lowest BCUT2D eigenvalue weighted by Gasteiger charge is -2.39. The first-order valence-electron chi connectivity index (χ1n) is 7.22. The molecule has 2 fully saturated rings. The Kier molecular flexibility index (Phi) is 4.45. The van der Waals surface area contributed by atoms with Crippen molar-refractivity contribution in [2.24, 2.45) is 0 Å². The molecule has 2 aliphatic rings. The maximum Gasteiger partial charge on any atom is 0.0641 e. The van der Waals surface area contributed by atoms with Crippen LogP contribution in [0.5, 0.6) is 0 Å². The van der Waals surface area contributed by atoms with E-state index in [0.717, 1.165) is 25.2 Å². The first-order valence-corrected chi connectivity index (χ1v) is 7.22. The van der Waals surface area contributed by atoms with Crippen LogP contribution in [0.3, 0.4) is 0 Å². The fraction of sp³-hybridized carbons (Fsp3) is 1.00. The highest BCUT2D eigenvalue weighted by atomic mass is 16.5. The third-order valence-corrected chi connectivity index (χ3v) is 4.09. The molecular weight excluding hydrogens is 212 g/mol. The van der Waals surface area contributed by atoms with E-state index in [1.807, 2.05) is 0 Å². The molecule has 2 heterocycles. The van der Waals surface area contributed by atoms with Crippen molar-refractivity contribution in [1.82, 2.24) is 10.2 Å². The molecule has 100 valence electrons. The molecule has 2 rings (SSSR count). The molecule has 2 atom stereocenters. The van der Waals surface area contributed by atoms with Crippen molar-refractivity contribution in [2.75, 3.05) is 26.2 Å². The summed E-state index contributed by atoms with van der Waals surface area (Å²) in [7, 11) is 0. The van der Waals surface area contributed by atoms with Crippen LogP contribution in [-0.2, 0) is 4.74 Å². The van der Waals surface area contributed by atoms with E-state index in [2.05, 4.69) is 31.0 Å². The van der Waals surface area contributed by atoms with Crippen molar-refractivity contribution in [3.8, 4) is 0 Å². The molecule has 0 saturated carbocycles. The van der Waals surface area contributed by atoms with Crippen LogP contribution in [0.25, 0.3) is 0 Å². The van der Waals surface area contributed by atoms with E-state index in [-0.39, 0.29) is 5.60 Å². The predicted molar refractivity (Wildman–Crippen MR) is 71.3 cm³/mol. The Morgan fingerprint density at radius 3 is 2.88 bits per heavy atom. The smallest absolute Gasteiger partial charge is 0.0641 e. The van der Waals surface area contributed by atoms with Gasteiger partial charge >= 0.3 is 0 Å². The Balaban J connectivity index is 1.79. The number of nitrogens with zero attached hydrogens (tertiary/aromatic N) is 1. The zero-order valence-electron chi connectivity index (χ0n) is 11.7. The van der Waals surface area contributed by atoms with Crippen molar-refractivity contribution < 1.29 is 4.74 Å². The summed E-state index contributed by atoms with van der Waals surface area (Å²) in [5.74, 6) is 0. The monoisotopic (exact) mass is 240 g/mol. The molecule has 0 aliphatic carbocycles. The minimum atomic E-state index is 0.0812. The molecule has 2 unspecified atom stereocenters. The summed E-state index contributed by atoms with van der Waals surface area (Å²) >= 11 is 0. The van der Waals surface area contributed by atoms with Crippen molar-refractivity contribution in [3.05, 3.63) is 0 Å². The number of hydrogen-bond donors (Lipinski definition) is 1. The van der Waals surface area contributed by atoms with Crippen LogP contribution in [0.2, 0.25) is 0 Å². The number of ether oxygens (including phenoxy) is 1. The fourth-order valence-corrected chi connectivity index (χ4v) is 3.15. The van der Waals surface area contributed by atoms with Gasteiger partial charge in [0.05, 0.1) is 5.60 Å². The van der Waals surface area contributed by atoms with Gasteiger partial charge in [-0.25, -0.2) is 0 Å². The maximum atomic E-state index is 5.80. The molecule has 2 saturated heterocycles. The second-order valence-electron chi connectivity index (χ2n) is 6.19. The quantitative estimate of drug-likeness (QED) is 0.813. The first kappa shape index (κ1) is 13.3. The topological polar surface area (TPSA) is 24.5 Å². The Labute approximate surface area is 106 Å². The number of likely N-dealkylation sites (tertiary alicyclic amines) is 1. The molecule has 0 radical (unpaired) electrons. The molecule has 0 spiro atoms. The zero-order valence-corrected chi connectivity index (χ0v) is 11.7. The van der Waals surface area contributed by atoms with Gasteiger partial charge in [-0.2, -0.15) is 0 Å². The number of rotatable bonds is 4. The molecule has 1 N–H and O–H groups in total. The lowest BCUT2D eigenvalue weighted by Crippen LogP contribution is -2.46.